The lowest BCUT2D eigenvalue weighted by molar-refractivity contribution is 0.0607. The molecule has 3 aliphatic heterocycles. The number of nitriles is 1. The van der Waals surface area contributed by atoms with E-state index in [1.165, 1.54) is 25.9 Å². The minimum atomic E-state index is -0.263. The molecule has 6 rings (SSSR count). The van der Waals surface area contributed by atoms with Crippen molar-refractivity contribution in [2.45, 2.75) is 56.9 Å². The quantitative estimate of drug-likeness (QED) is 0.529. The van der Waals surface area contributed by atoms with Crippen molar-refractivity contribution in [2.24, 2.45) is 0 Å². The molecule has 1 aliphatic carbocycles. The van der Waals surface area contributed by atoms with Gasteiger partial charge in [0.25, 0.3) is 0 Å². The van der Waals surface area contributed by atoms with Crippen molar-refractivity contribution < 1.29 is 9.53 Å². The van der Waals surface area contributed by atoms with E-state index in [0.717, 1.165) is 77.9 Å². The predicted molar refractivity (Wildman–Crippen MR) is 150 cm³/mol. The topological polar surface area (TPSA) is 56.6 Å². The van der Waals surface area contributed by atoms with Gasteiger partial charge in [-0.2, -0.15) is 5.26 Å². The van der Waals surface area contributed by atoms with Crippen LogP contribution in [0.15, 0.2) is 42.0 Å². The van der Waals surface area contributed by atoms with Crippen LogP contribution in [0.5, 0.6) is 0 Å². The maximum absolute atomic E-state index is 14.1. The van der Waals surface area contributed by atoms with Crippen LogP contribution >= 0.6 is 0 Å². The zero-order valence-electron chi connectivity index (χ0n) is 22.3. The Morgan fingerprint density at radius 3 is 2.34 bits per heavy atom. The van der Waals surface area contributed by atoms with Crippen LogP contribution in [-0.2, 0) is 10.2 Å². The summed E-state index contributed by atoms with van der Waals surface area (Å²) in [6.45, 7) is 7.90. The number of carbonyl (C=O) groups excluding carboxylic acids is 1. The molecule has 0 N–H and O–H groups in total. The van der Waals surface area contributed by atoms with Crippen LogP contribution in [0, 0.1) is 23.7 Å². The summed E-state index contributed by atoms with van der Waals surface area (Å²) in [4.78, 5) is 19.2. The molecule has 0 saturated carbocycles. The summed E-state index contributed by atoms with van der Waals surface area (Å²) in [5.41, 5.74) is 6.76. The van der Waals surface area contributed by atoms with Crippen LogP contribution in [0.3, 0.4) is 0 Å². The molecule has 2 aromatic rings. The molecule has 5 heteroatoms. The average Bonchev–Trinajstić information content (AvgIpc) is 3.52. The number of likely N-dealkylation sites (tertiary alicyclic amines) is 1. The highest BCUT2D eigenvalue weighted by Gasteiger charge is 2.45. The van der Waals surface area contributed by atoms with Crippen molar-refractivity contribution in [3.05, 3.63) is 69.8 Å². The zero-order chi connectivity index (χ0) is 26.3. The lowest BCUT2D eigenvalue weighted by Crippen LogP contribution is -2.44. The maximum Gasteiger partial charge on any atom is 0.193 e. The van der Waals surface area contributed by atoms with Crippen LogP contribution in [-0.4, -0.2) is 56.1 Å². The van der Waals surface area contributed by atoms with E-state index in [2.05, 4.69) is 34.8 Å². The van der Waals surface area contributed by atoms with Gasteiger partial charge in [-0.05, 0) is 93.9 Å². The Balaban J connectivity index is 1.41. The van der Waals surface area contributed by atoms with E-state index >= 15 is 0 Å². The van der Waals surface area contributed by atoms with Gasteiger partial charge in [-0.15, -0.1) is 6.42 Å². The van der Waals surface area contributed by atoms with Gasteiger partial charge in [0.05, 0.1) is 17.3 Å². The van der Waals surface area contributed by atoms with Crippen molar-refractivity contribution in [3.8, 4) is 18.4 Å². The Morgan fingerprint density at radius 1 is 1.03 bits per heavy atom. The average molecular weight is 506 g/mol. The first kappa shape index (κ1) is 24.9. The monoisotopic (exact) mass is 505 g/mol. The van der Waals surface area contributed by atoms with E-state index in [1.807, 2.05) is 18.2 Å². The van der Waals surface area contributed by atoms with Crippen molar-refractivity contribution in [1.82, 2.24) is 4.90 Å². The highest BCUT2D eigenvalue weighted by atomic mass is 16.5. The summed E-state index contributed by atoms with van der Waals surface area (Å²) >= 11 is 0. The third-order valence-electron chi connectivity index (χ3n) is 9.48. The van der Waals surface area contributed by atoms with Crippen molar-refractivity contribution in [3.63, 3.8) is 0 Å². The van der Waals surface area contributed by atoms with E-state index < -0.39 is 0 Å². The number of nitrogens with zero attached hydrogens (tertiary/aromatic N) is 3. The number of allylic oxidation sites excluding steroid dienone is 2. The molecule has 0 aromatic heterocycles. The molecule has 5 nitrogen and oxygen atoms in total. The molecule has 1 spiro atoms. The lowest BCUT2D eigenvalue weighted by Gasteiger charge is -2.45. The van der Waals surface area contributed by atoms with Crippen LogP contribution in [0.2, 0.25) is 0 Å². The van der Waals surface area contributed by atoms with Gasteiger partial charge < -0.3 is 14.5 Å². The van der Waals surface area contributed by atoms with Crippen molar-refractivity contribution >= 4 is 17.0 Å². The van der Waals surface area contributed by atoms with Crippen molar-refractivity contribution in [1.29, 1.82) is 5.26 Å². The summed E-state index contributed by atoms with van der Waals surface area (Å²) in [5.74, 6) is 2.94. The second-order valence-electron chi connectivity index (χ2n) is 11.2. The number of ether oxygens (including phenoxy) is 1. The van der Waals surface area contributed by atoms with Gasteiger partial charge in [0, 0.05) is 54.5 Å². The fraction of sp³-hybridized carbons (Fsp3) is 0.455. The number of hydrogen-bond acceptors (Lipinski definition) is 5. The fourth-order valence-corrected chi connectivity index (χ4v) is 7.30. The van der Waals surface area contributed by atoms with Gasteiger partial charge in [-0.25, -0.2) is 0 Å². The second kappa shape index (κ2) is 10.1. The molecule has 194 valence electrons. The number of hydrogen-bond donors (Lipinski definition) is 0. The first-order valence-corrected chi connectivity index (χ1v) is 14.0. The molecule has 3 fully saturated rings. The molecular formula is C33H35N3O2. The highest BCUT2D eigenvalue weighted by Crippen LogP contribution is 2.51. The van der Waals surface area contributed by atoms with Gasteiger partial charge in [0.1, 0.15) is 0 Å². The van der Waals surface area contributed by atoms with Crippen LogP contribution < -0.4 is 4.90 Å². The normalized spacial score (nSPS) is 21.9. The van der Waals surface area contributed by atoms with Gasteiger partial charge in [-0.1, -0.05) is 23.6 Å². The zero-order valence-corrected chi connectivity index (χ0v) is 22.3. The van der Waals surface area contributed by atoms with Crippen molar-refractivity contribution in [2.75, 3.05) is 44.3 Å². The smallest absolute Gasteiger partial charge is 0.193 e. The first-order chi connectivity index (χ1) is 18.6. The van der Waals surface area contributed by atoms with Crippen LogP contribution in [0.25, 0.3) is 5.57 Å². The first-order valence-electron chi connectivity index (χ1n) is 14.0. The highest BCUT2D eigenvalue weighted by molar-refractivity contribution is 6.32. The molecule has 0 radical (unpaired) electrons. The van der Waals surface area contributed by atoms with Crippen LogP contribution in [0.1, 0.15) is 78.1 Å². The largest absolute Gasteiger partial charge is 0.381 e. The summed E-state index contributed by atoms with van der Waals surface area (Å²) < 4.78 is 5.82. The molecular weight excluding hydrogens is 470 g/mol. The molecule has 2 aromatic carbocycles. The SMILES string of the molecule is C#Cc1cc2c(cc1N1CCC(N3CCCC3)CC1)C1(CCOCC1)C(C)=C(c1ccc(C#N)cc1)C2=O. The fourth-order valence-electron chi connectivity index (χ4n) is 7.30. The second-order valence-corrected chi connectivity index (χ2v) is 11.2. The minimum absolute atomic E-state index is 0.0233. The molecule has 0 atom stereocenters. The number of rotatable bonds is 3. The summed E-state index contributed by atoms with van der Waals surface area (Å²) in [6.07, 6.45) is 12.7. The number of Topliss-reactive ketones (excluding diaryl/α,β-unsaturated/α-hetero) is 1. The number of ketones is 1. The Labute approximate surface area is 226 Å². The molecule has 3 heterocycles. The number of terminal acetylenes is 1. The third-order valence-corrected chi connectivity index (χ3v) is 9.48. The molecule has 3 saturated heterocycles. The van der Waals surface area contributed by atoms with Gasteiger partial charge in [0.2, 0.25) is 0 Å². The number of anilines is 1. The molecule has 0 bridgehead atoms. The summed E-state index contributed by atoms with van der Waals surface area (Å²) in [7, 11) is 0. The summed E-state index contributed by atoms with van der Waals surface area (Å²) in [6, 6.07) is 14.4. The number of fused-ring (bicyclic) bond motifs is 2. The standard InChI is InChI=1S/C33H35N3O2/c1-3-25-20-28-29(21-30(25)36-16-10-27(11-17-36)35-14-4-5-15-35)33(12-18-38-19-13-33)23(2)31(32(28)37)26-8-6-24(22-34)7-9-26/h1,6-9,20-21,27H,4-5,10-19H2,2H3. The Bertz CT molecular complexity index is 1350. The Kier molecular flexibility index (Phi) is 6.60. The summed E-state index contributed by atoms with van der Waals surface area (Å²) in [5, 5.41) is 9.26. The predicted octanol–water partition coefficient (Wildman–Crippen LogP) is 5.32. The molecule has 38 heavy (non-hydrogen) atoms. The van der Waals surface area contributed by atoms with E-state index in [1.54, 1.807) is 12.1 Å². The van der Waals surface area contributed by atoms with Gasteiger partial charge in [0.15, 0.2) is 5.78 Å². The lowest BCUT2D eigenvalue weighted by atomic mass is 9.61. The molecule has 0 amide bonds. The number of carbonyl (C=O) groups is 1. The van der Waals surface area contributed by atoms with Crippen LogP contribution in [0.4, 0.5) is 5.69 Å². The molecule has 4 aliphatic rings. The van der Waals surface area contributed by atoms with E-state index in [4.69, 9.17) is 11.2 Å². The molecule has 0 unspecified atom stereocenters. The Hall–Kier alpha value is -3.38. The number of piperidine rings is 1. The van der Waals surface area contributed by atoms with E-state index in [-0.39, 0.29) is 11.2 Å². The minimum Gasteiger partial charge on any atom is -0.381 e. The van der Waals surface area contributed by atoms with Gasteiger partial charge >= 0.3 is 0 Å². The number of benzene rings is 2. The van der Waals surface area contributed by atoms with Gasteiger partial charge in [-0.3, -0.25) is 4.79 Å². The Morgan fingerprint density at radius 2 is 1.71 bits per heavy atom. The van der Waals surface area contributed by atoms with E-state index in [9.17, 15) is 10.1 Å². The van der Waals surface area contributed by atoms with E-state index in [0.29, 0.717) is 24.8 Å². The third kappa shape index (κ3) is 4.06. The maximum atomic E-state index is 14.1.